The lowest BCUT2D eigenvalue weighted by atomic mass is 10.2. The Morgan fingerprint density at radius 1 is 1.03 bits per heavy atom. The van der Waals surface area contributed by atoms with Gasteiger partial charge in [0.1, 0.15) is 5.82 Å². The van der Waals surface area contributed by atoms with E-state index in [2.05, 4.69) is 19.8 Å². The summed E-state index contributed by atoms with van der Waals surface area (Å²) in [6.07, 6.45) is 1.56. The van der Waals surface area contributed by atoms with Crippen molar-refractivity contribution in [3.8, 4) is 5.88 Å². The van der Waals surface area contributed by atoms with Crippen molar-refractivity contribution in [2.24, 2.45) is 0 Å². The summed E-state index contributed by atoms with van der Waals surface area (Å²) < 4.78 is 10.5. The molecular formula is C20H26N6O3. The Morgan fingerprint density at radius 2 is 1.79 bits per heavy atom. The highest BCUT2D eigenvalue weighted by atomic mass is 16.5. The van der Waals surface area contributed by atoms with Gasteiger partial charge in [-0.3, -0.25) is 4.79 Å². The van der Waals surface area contributed by atoms with Crippen molar-refractivity contribution in [2.45, 2.75) is 6.92 Å². The van der Waals surface area contributed by atoms with Gasteiger partial charge in [0.2, 0.25) is 11.8 Å². The number of pyridine rings is 1. The van der Waals surface area contributed by atoms with E-state index in [4.69, 9.17) is 14.5 Å². The van der Waals surface area contributed by atoms with Crippen LogP contribution in [0.25, 0.3) is 0 Å². The number of nitrogens with zero attached hydrogens (tertiary/aromatic N) is 6. The van der Waals surface area contributed by atoms with Gasteiger partial charge in [-0.2, -0.15) is 4.98 Å². The highest BCUT2D eigenvalue weighted by Gasteiger charge is 2.25. The first-order valence-electron chi connectivity index (χ1n) is 9.86. The summed E-state index contributed by atoms with van der Waals surface area (Å²) in [6.45, 7) is 7.75. The molecule has 2 aliphatic rings. The number of aromatic nitrogens is 3. The normalized spacial score (nSPS) is 17.4. The third kappa shape index (κ3) is 4.40. The molecule has 2 fully saturated rings. The molecule has 0 radical (unpaired) electrons. The van der Waals surface area contributed by atoms with Crippen molar-refractivity contribution in [1.29, 1.82) is 0 Å². The van der Waals surface area contributed by atoms with E-state index >= 15 is 0 Å². The Kier molecular flexibility index (Phi) is 5.75. The maximum atomic E-state index is 12.7. The van der Waals surface area contributed by atoms with Crippen molar-refractivity contribution in [3.63, 3.8) is 0 Å². The monoisotopic (exact) mass is 398 g/mol. The molecule has 2 aromatic rings. The summed E-state index contributed by atoms with van der Waals surface area (Å²) >= 11 is 0. The maximum absolute atomic E-state index is 12.7. The molecule has 154 valence electrons. The Labute approximate surface area is 170 Å². The van der Waals surface area contributed by atoms with Crippen molar-refractivity contribution < 1.29 is 14.3 Å². The predicted octanol–water partition coefficient (Wildman–Crippen LogP) is 0.988. The standard InChI is InChI=1S/C20H26N6O3/c1-15-13-17(24-9-11-29-12-10-24)23-20(22-15)26-7-5-25(6-8-26)19(27)16-3-4-18(28-2)21-14-16/h3-4,13-14H,5-12H2,1-2H3. The minimum absolute atomic E-state index is 0.0148. The minimum Gasteiger partial charge on any atom is -0.481 e. The molecule has 4 rings (SSSR count). The van der Waals surface area contributed by atoms with E-state index in [1.54, 1.807) is 25.4 Å². The SMILES string of the molecule is COc1ccc(C(=O)N2CCN(c3nc(C)cc(N4CCOCC4)n3)CC2)cn1. The van der Waals surface area contributed by atoms with Crippen molar-refractivity contribution in [3.05, 3.63) is 35.7 Å². The van der Waals surface area contributed by atoms with E-state index in [0.717, 1.165) is 43.8 Å². The van der Waals surface area contributed by atoms with Crippen LogP contribution in [-0.4, -0.2) is 85.4 Å². The van der Waals surface area contributed by atoms with Gasteiger partial charge in [0, 0.05) is 63.3 Å². The third-order valence-electron chi connectivity index (χ3n) is 5.21. The molecule has 4 heterocycles. The average molecular weight is 398 g/mol. The number of ether oxygens (including phenoxy) is 2. The number of carbonyl (C=O) groups excluding carboxylic acids is 1. The molecule has 0 aromatic carbocycles. The third-order valence-corrected chi connectivity index (χ3v) is 5.21. The van der Waals surface area contributed by atoms with Crippen LogP contribution in [0.1, 0.15) is 16.1 Å². The second-order valence-electron chi connectivity index (χ2n) is 7.14. The van der Waals surface area contributed by atoms with Gasteiger partial charge in [0.25, 0.3) is 5.91 Å². The molecule has 0 bridgehead atoms. The average Bonchev–Trinajstić information content (AvgIpc) is 2.79. The Morgan fingerprint density at radius 3 is 2.45 bits per heavy atom. The summed E-state index contributed by atoms with van der Waals surface area (Å²) in [5.41, 5.74) is 1.51. The number of rotatable bonds is 4. The predicted molar refractivity (Wildman–Crippen MR) is 109 cm³/mol. The van der Waals surface area contributed by atoms with Crippen LogP contribution in [-0.2, 0) is 4.74 Å². The zero-order valence-electron chi connectivity index (χ0n) is 16.9. The van der Waals surface area contributed by atoms with E-state index in [-0.39, 0.29) is 5.91 Å². The van der Waals surface area contributed by atoms with Gasteiger partial charge >= 0.3 is 0 Å². The number of hydrogen-bond donors (Lipinski definition) is 0. The maximum Gasteiger partial charge on any atom is 0.255 e. The number of aryl methyl sites for hydroxylation is 1. The molecule has 1 amide bonds. The summed E-state index contributed by atoms with van der Waals surface area (Å²) in [5.74, 6) is 2.15. The van der Waals surface area contributed by atoms with Gasteiger partial charge < -0.3 is 24.2 Å². The molecule has 2 aliphatic heterocycles. The van der Waals surface area contributed by atoms with Gasteiger partial charge in [-0.1, -0.05) is 0 Å². The van der Waals surface area contributed by atoms with E-state index in [0.29, 0.717) is 37.6 Å². The summed E-state index contributed by atoms with van der Waals surface area (Å²) in [5, 5.41) is 0. The van der Waals surface area contributed by atoms with Crippen molar-refractivity contribution in [1.82, 2.24) is 19.9 Å². The summed E-state index contributed by atoms with van der Waals surface area (Å²) in [7, 11) is 1.56. The molecule has 2 aromatic heterocycles. The molecule has 0 aliphatic carbocycles. The molecule has 29 heavy (non-hydrogen) atoms. The number of anilines is 2. The first kappa shape index (κ1) is 19.4. The van der Waals surface area contributed by atoms with E-state index in [1.807, 2.05) is 17.9 Å². The number of amides is 1. The fourth-order valence-electron chi connectivity index (χ4n) is 3.55. The molecule has 9 heteroatoms. The number of methoxy groups -OCH3 is 1. The second-order valence-corrected chi connectivity index (χ2v) is 7.14. The quantitative estimate of drug-likeness (QED) is 0.754. The van der Waals surface area contributed by atoms with E-state index in [9.17, 15) is 4.79 Å². The fourth-order valence-corrected chi connectivity index (χ4v) is 3.55. The first-order chi connectivity index (χ1) is 14.1. The molecule has 0 spiro atoms. The highest BCUT2D eigenvalue weighted by molar-refractivity contribution is 5.94. The zero-order valence-corrected chi connectivity index (χ0v) is 16.9. The number of piperazine rings is 1. The Hall–Kier alpha value is -2.94. The minimum atomic E-state index is -0.0148. The lowest BCUT2D eigenvalue weighted by Gasteiger charge is -2.35. The largest absolute Gasteiger partial charge is 0.481 e. The summed E-state index contributed by atoms with van der Waals surface area (Å²) in [4.78, 5) is 32.5. The summed E-state index contributed by atoms with van der Waals surface area (Å²) in [6, 6.07) is 5.47. The van der Waals surface area contributed by atoms with Crippen LogP contribution in [0.2, 0.25) is 0 Å². The van der Waals surface area contributed by atoms with Crippen LogP contribution in [0.4, 0.5) is 11.8 Å². The van der Waals surface area contributed by atoms with Crippen LogP contribution in [0.3, 0.4) is 0 Å². The van der Waals surface area contributed by atoms with Gasteiger partial charge in [-0.05, 0) is 13.0 Å². The highest BCUT2D eigenvalue weighted by Crippen LogP contribution is 2.20. The van der Waals surface area contributed by atoms with Crippen LogP contribution in [0.5, 0.6) is 5.88 Å². The van der Waals surface area contributed by atoms with Gasteiger partial charge in [-0.15, -0.1) is 0 Å². The molecule has 9 nitrogen and oxygen atoms in total. The smallest absolute Gasteiger partial charge is 0.255 e. The molecule has 2 saturated heterocycles. The van der Waals surface area contributed by atoms with Crippen LogP contribution < -0.4 is 14.5 Å². The topological polar surface area (TPSA) is 83.9 Å². The molecule has 0 saturated carbocycles. The molecule has 0 atom stereocenters. The van der Waals surface area contributed by atoms with E-state index < -0.39 is 0 Å². The second kappa shape index (κ2) is 8.60. The first-order valence-corrected chi connectivity index (χ1v) is 9.86. The lowest BCUT2D eigenvalue weighted by Crippen LogP contribution is -2.49. The Bertz CT molecular complexity index is 846. The molecule has 0 unspecified atom stereocenters. The van der Waals surface area contributed by atoms with Crippen molar-refractivity contribution >= 4 is 17.7 Å². The van der Waals surface area contributed by atoms with Crippen LogP contribution in [0, 0.1) is 6.92 Å². The fraction of sp³-hybridized carbons (Fsp3) is 0.500. The van der Waals surface area contributed by atoms with Crippen LogP contribution >= 0.6 is 0 Å². The lowest BCUT2D eigenvalue weighted by molar-refractivity contribution is 0.0745. The van der Waals surface area contributed by atoms with Crippen LogP contribution in [0.15, 0.2) is 24.4 Å². The van der Waals surface area contributed by atoms with Gasteiger partial charge in [-0.25, -0.2) is 9.97 Å². The number of carbonyl (C=O) groups is 1. The van der Waals surface area contributed by atoms with E-state index in [1.165, 1.54) is 0 Å². The zero-order chi connectivity index (χ0) is 20.2. The Balaban J connectivity index is 1.41. The molecule has 0 N–H and O–H groups in total. The molecular weight excluding hydrogens is 372 g/mol. The van der Waals surface area contributed by atoms with Gasteiger partial charge in [0.05, 0.1) is 25.9 Å². The number of morpholine rings is 1. The van der Waals surface area contributed by atoms with Gasteiger partial charge in [0.15, 0.2) is 0 Å². The number of hydrogen-bond acceptors (Lipinski definition) is 8. The van der Waals surface area contributed by atoms with Crippen molar-refractivity contribution in [2.75, 3.05) is 69.4 Å².